The van der Waals surface area contributed by atoms with Crippen molar-refractivity contribution in [1.29, 1.82) is 0 Å². The molecule has 1 aliphatic rings. The summed E-state index contributed by atoms with van der Waals surface area (Å²) in [5.74, 6) is -0.152. The third-order valence-corrected chi connectivity index (χ3v) is 5.52. The molecule has 2 unspecified atom stereocenters. The lowest BCUT2D eigenvalue weighted by Crippen LogP contribution is -2.41. The summed E-state index contributed by atoms with van der Waals surface area (Å²) < 4.78 is 38.8. The van der Waals surface area contributed by atoms with Crippen molar-refractivity contribution in [1.82, 2.24) is 0 Å². The second-order valence-corrected chi connectivity index (χ2v) is 6.96. The van der Waals surface area contributed by atoms with Crippen molar-refractivity contribution in [3.8, 4) is 0 Å². The molecule has 0 aliphatic heterocycles. The average molecular weight is 320 g/mol. The second kappa shape index (κ2) is 8.65. The van der Waals surface area contributed by atoms with Gasteiger partial charge in [0.1, 0.15) is 4.75 Å². The fraction of sp³-hybridized carbons (Fsp3) is 0.714. The summed E-state index contributed by atoms with van der Waals surface area (Å²) in [4.78, 5) is 0. The van der Waals surface area contributed by atoms with Crippen molar-refractivity contribution in [3.63, 3.8) is 0 Å². The largest absolute Gasteiger partial charge is 0.394 e. The minimum absolute atomic E-state index is 0.0256. The van der Waals surface area contributed by atoms with Crippen LogP contribution in [0.2, 0.25) is 0 Å². The van der Waals surface area contributed by atoms with Crippen LogP contribution in [0.15, 0.2) is 24.3 Å². The summed E-state index contributed by atoms with van der Waals surface area (Å²) in [5.41, 5.74) is 0. The van der Waals surface area contributed by atoms with Crippen LogP contribution in [0.1, 0.15) is 13.8 Å². The fourth-order valence-electron chi connectivity index (χ4n) is 1.85. The van der Waals surface area contributed by atoms with Crippen molar-refractivity contribution in [2.24, 2.45) is 5.92 Å². The Bertz CT molecular complexity index is 456. The Labute approximate surface area is 126 Å². The van der Waals surface area contributed by atoms with Crippen molar-refractivity contribution in [2.75, 3.05) is 39.6 Å². The topological polar surface area (TPSA) is 82.1 Å². The van der Waals surface area contributed by atoms with Crippen LogP contribution in [-0.4, -0.2) is 57.9 Å². The van der Waals surface area contributed by atoms with Crippen LogP contribution < -0.4 is 0 Å². The maximum absolute atomic E-state index is 12.3. The molecule has 122 valence electrons. The third kappa shape index (κ3) is 5.19. The van der Waals surface area contributed by atoms with Gasteiger partial charge in [0.15, 0.2) is 0 Å². The summed E-state index contributed by atoms with van der Waals surface area (Å²) in [5, 5.41) is 8.50. The first-order valence-corrected chi connectivity index (χ1v) is 8.36. The molecule has 0 radical (unpaired) electrons. The van der Waals surface area contributed by atoms with E-state index in [1.165, 1.54) is 0 Å². The molecule has 1 aliphatic carbocycles. The summed E-state index contributed by atoms with van der Waals surface area (Å²) in [6.07, 6.45) is 7.04. The molecule has 0 aromatic rings. The molecule has 0 heterocycles. The first-order chi connectivity index (χ1) is 9.94. The van der Waals surface area contributed by atoms with Crippen molar-refractivity contribution < 1.29 is 27.2 Å². The zero-order valence-corrected chi connectivity index (χ0v) is 13.3. The molecule has 0 spiro atoms. The van der Waals surface area contributed by atoms with E-state index >= 15 is 0 Å². The van der Waals surface area contributed by atoms with Gasteiger partial charge in [-0.15, -0.1) is 0 Å². The van der Waals surface area contributed by atoms with Crippen LogP contribution in [0, 0.1) is 5.92 Å². The number of ether oxygens (including phenoxy) is 2. The third-order valence-electron chi connectivity index (χ3n) is 3.45. The standard InChI is InChI=1S/C14H24O6S/c1-13-5-3-4-6-14(13,2)21(16,17)20-12-11-19-10-9-18-8-7-15/h3-6,13,15H,7-12H2,1-2H3. The zero-order valence-electron chi connectivity index (χ0n) is 12.5. The molecule has 0 amide bonds. The molecular formula is C14H24O6S. The Morgan fingerprint density at radius 2 is 1.71 bits per heavy atom. The van der Waals surface area contributed by atoms with E-state index < -0.39 is 14.9 Å². The van der Waals surface area contributed by atoms with Gasteiger partial charge in [0, 0.05) is 0 Å². The molecule has 1 rings (SSSR count). The molecule has 0 bridgehead atoms. The van der Waals surface area contributed by atoms with Gasteiger partial charge < -0.3 is 14.6 Å². The molecule has 21 heavy (non-hydrogen) atoms. The van der Waals surface area contributed by atoms with E-state index in [0.717, 1.165) is 0 Å². The van der Waals surface area contributed by atoms with E-state index in [-0.39, 0.29) is 32.3 Å². The lowest BCUT2D eigenvalue weighted by Gasteiger charge is -2.31. The SMILES string of the molecule is CC1C=CC=CC1(C)S(=O)(=O)OCCOCCOCCO. The van der Waals surface area contributed by atoms with Crippen LogP contribution >= 0.6 is 0 Å². The van der Waals surface area contributed by atoms with E-state index in [9.17, 15) is 8.42 Å². The predicted molar refractivity (Wildman–Crippen MR) is 79.4 cm³/mol. The van der Waals surface area contributed by atoms with Crippen molar-refractivity contribution in [2.45, 2.75) is 18.6 Å². The Morgan fingerprint density at radius 1 is 1.10 bits per heavy atom. The highest BCUT2D eigenvalue weighted by Gasteiger charge is 2.42. The lowest BCUT2D eigenvalue weighted by atomic mass is 9.91. The minimum Gasteiger partial charge on any atom is -0.394 e. The Hall–Kier alpha value is -0.730. The second-order valence-electron chi connectivity index (χ2n) is 4.94. The molecule has 1 N–H and O–H groups in total. The number of allylic oxidation sites excluding steroid dienone is 3. The molecule has 7 heteroatoms. The van der Waals surface area contributed by atoms with E-state index in [0.29, 0.717) is 13.2 Å². The van der Waals surface area contributed by atoms with Crippen LogP contribution in [0.3, 0.4) is 0 Å². The number of rotatable bonds is 10. The van der Waals surface area contributed by atoms with Gasteiger partial charge in [-0.05, 0) is 12.8 Å². The Balaban J connectivity index is 2.31. The normalized spacial score (nSPS) is 25.4. The van der Waals surface area contributed by atoms with E-state index in [1.807, 2.05) is 19.1 Å². The summed E-state index contributed by atoms with van der Waals surface area (Å²) in [6, 6.07) is 0. The molecular weight excluding hydrogens is 296 g/mol. The maximum Gasteiger partial charge on any atom is 0.277 e. The summed E-state index contributed by atoms with van der Waals surface area (Å²) in [7, 11) is -3.72. The van der Waals surface area contributed by atoms with Gasteiger partial charge in [-0.25, -0.2) is 0 Å². The van der Waals surface area contributed by atoms with Crippen molar-refractivity contribution >= 4 is 10.1 Å². The smallest absolute Gasteiger partial charge is 0.277 e. The first-order valence-electron chi connectivity index (χ1n) is 6.95. The molecule has 0 aromatic heterocycles. The quantitative estimate of drug-likeness (QED) is 0.475. The van der Waals surface area contributed by atoms with Gasteiger partial charge in [0.2, 0.25) is 0 Å². The maximum atomic E-state index is 12.3. The van der Waals surface area contributed by atoms with E-state index in [1.54, 1.807) is 19.1 Å². The first kappa shape index (κ1) is 18.3. The molecule has 0 fully saturated rings. The summed E-state index contributed by atoms with van der Waals surface area (Å²) in [6.45, 7) is 4.57. The minimum atomic E-state index is -3.72. The zero-order chi connectivity index (χ0) is 15.8. The molecule has 0 saturated carbocycles. The van der Waals surface area contributed by atoms with Crippen LogP contribution in [-0.2, 0) is 23.8 Å². The molecule has 0 saturated heterocycles. The molecule has 2 atom stereocenters. The van der Waals surface area contributed by atoms with E-state index in [4.69, 9.17) is 18.8 Å². The highest BCUT2D eigenvalue weighted by atomic mass is 32.2. The number of hydrogen-bond acceptors (Lipinski definition) is 6. The Morgan fingerprint density at radius 3 is 2.33 bits per heavy atom. The molecule has 0 aromatic carbocycles. The monoisotopic (exact) mass is 320 g/mol. The van der Waals surface area contributed by atoms with Gasteiger partial charge in [-0.3, -0.25) is 4.18 Å². The van der Waals surface area contributed by atoms with Gasteiger partial charge in [0.25, 0.3) is 10.1 Å². The number of aliphatic hydroxyl groups is 1. The van der Waals surface area contributed by atoms with Gasteiger partial charge in [0.05, 0.1) is 39.6 Å². The molecule has 6 nitrogen and oxygen atoms in total. The predicted octanol–water partition coefficient (Wildman–Crippen LogP) is 0.879. The van der Waals surface area contributed by atoms with Crippen LogP contribution in [0.25, 0.3) is 0 Å². The van der Waals surface area contributed by atoms with E-state index in [2.05, 4.69) is 0 Å². The summed E-state index contributed by atoms with van der Waals surface area (Å²) >= 11 is 0. The highest BCUT2D eigenvalue weighted by molar-refractivity contribution is 7.88. The number of aliphatic hydroxyl groups excluding tert-OH is 1. The lowest BCUT2D eigenvalue weighted by molar-refractivity contribution is 0.0250. The van der Waals surface area contributed by atoms with Gasteiger partial charge >= 0.3 is 0 Å². The number of hydrogen-bond donors (Lipinski definition) is 1. The van der Waals surface area contributed by atoms with Gasteiger partial charge in [-0.2, -0.15) is 8.42 Å². The fourth-order valence-corrected chi connectivity index (χ4v) is 3.17. The van der Waals surface area contributed by atoms with Gasteiger partial charge in [-0.1, -0.05) is 31.2 Å². The Kier molecular flexibility index (Phi) is 7.55. The van der Waals surface area contributed by atoms with Crippen molar-refractivity contribution in [3.05, 3.63) is 24.3 Å². The highest BCUT2D eigenvalue weighted by Crippen LogP contribution is 2.33. The van der Waals surface area contributed by atoms with Crippen LogP contribution in [0.5, 0.6) is 0 Å². The van der Waals surface area contributed by atoms with Crippen LogP contribution in [0.4, 0.5) is 0 Å². The average Bonchev–Trinajstić information content (AvgIpc) is 2.45.